The van der Waals surface area contributed by atoms with Crippen LogP contribution in [0.5, 0.6) is 0 Å². The van der Waals surface area contributed by atoms with Crippen LogP contribution >= 0.6 is 12.6 Å². The molecule has 108 valence electrons. The predicted octanol–water partition coefficient (Wildman–Crippen LogP) is 0.976. The van der Waals surface area contributed by atoms with Crippen LogP contribution in [0.2, 0.25) is 0 Å². The van der Waals surface area contributed by atoms with Crippen molar-refractivity contribution in [2.45, 2.75) is 13.0 Å². The first-order valence-electron chi connectivity index (χ1n) is 5.92. The molecule has 0 unspecified atom stereocenters. The van der Waals surface area contributed by atoms with Gasteiger partial charge in [0.25, 0.3) is 5.91 Å². The summed E-state index contributed by atoms with van der Waals surface area (Å²) in [5.74, 6) is -2.53. The van der Waals surface area contributed by atoms with Crippen LogP contribution in [0.3, 0.4) is 0 Å². The molecule has 2 N–H and O–H groups in total. The van der Waals surface area contributed by atoms with Crippen LogP contribution in [-0.4, -0.2) is 41.4 Å². The maximum Gasteiger partial charge on any atom is 0.338 e. The van der Waals surface area contributed by atoms with E-state index in [1.807, 2.05) is 0 Å². The molecule has 1 aromatic rings. The molecular weight excluding hydrogens is 282 g/mol. The van der Waals surface area contributed by atoms with Crippen LogP contribution in [0.15, 0.2) is 24.3 Å². The zero-order chi connectivity index (χ0) is 15.1. The number of nitrogens with one attached hydrogen (secondary N) is 1. The molecule has 1 aromatic carbocycles. The van der Waals surface area contributed by atoms with Crippen molar-refractivity contribution >= 4 is 30.5 Å². The van der Waals surface area contributed by atoms with Gasteiger partial charge in [0.15, 0.2) is 0 Å². The van der Waals surface area contributed by atoms with Crippen LogP contribution in [0.4, 0.5) is 0 Å². The number of carbonyl (C=O) groups is 3. The van der Waals surface area contributed by atoms with Crippen LogP contribution < -0.4 is 5.32 Å². The third kappa shape index (κ3) is 3.99. The van der Waals surface area contributed by atoms with Crippen LogP contribution in [0.1, 0.15) is 27.6 Å². The van der Waals surface area contributed by atoms with E-state index in [1.54, 1.807) is 19.1 Å². The minimum absolute atomic E-state index is 0.0529. The van der Waals surface area contributed by atoms with Crippen molar-refractivity contribution in [2.75, 3.05) is 12.4 Å². The van der Waals surface area contributed by atoms with Gasteiger partial charge in [-0.1, -0.05) is 12.1 Å². The van der Waals surface area contributed by atoms with Crippen molar-refractivity contribution in [3.63, 3.8) is 0 Å². The van der Waals surface area contributed by atoms with Gasteiger partial charge in [0.05, 0.1) is 17.7 Å². The van der Waals surface area contributed by atoms with Gasteiger partial charge >= 0.3 is 11.9 Å². The smallest absolute Gasteiger partial charge is 0.338 e. The zero-order valence-corrected chi connectivity index (χ0v) is 11.7. The van der Waals surface area contributed by atoms with Crippen molar-refractivity contribution < 1.29 is 24.2 Å². The molecule has 1 amide bonds. The average Bonchev–Trinajstić information content (AvgIpc) is 2.44. The molecule has 0 heterocycles. The molecule has 20 heavy (non-hydrogen) atoms. The minimum Gasteiger partial charge on any atom is -0.480 e. The average molecular weight is 297 g/mol. The van der Waals surface area contributed by atoms with Gasteiger partial charge < -0.3 is 15.2 Å². The van der Waals surface area contributed by atoms with Crippen LogP contribution in [0, 0.1) is 0 Å². The molecule has 7 heteroatoms. The number of ether oxygens (including phenoxy) is 1. The third-order valence-electron chi connectivity index (χ3n) is 2.45. The van der Waals surface area contributed by atoms with Crippen LogP contribution in [0.25, 0.3) is 0 Å². The van der Waals surface area contributed by atoms with Gasteiger partial charge in [0.1, 0.15) is 6.04 Å². The highest BCUT2D eigenvalue weighted by atomic mass is 32.1. The maximum atomic E-state index is 12.0. The van der Waals surface area contributed by atoms with E-state index in [-0.39, 0.29) is 23.5 Å². The Labute approximate surface area is 121 Å². The number of rotatable bonds is 6. The molecule has 6 nitrogen and oxygen atoms in total. The van der Waals surface area contributed by atoms with Crippen molar-refractivity contribution in [1.82, 2.24) is 5.32 Å². The minimum atomic E-state index is -1.19. The summed E-state index contributed by atoms with van der Waals surface area (Å²) in [5, 5.41) is 11.2. The van der Waals surface area contributed by atoms with Gasteiger partial charge in [0, 0.05) is 5.75 Å². The summed E-state index contributed by atoms with van der Waals surface area (Å²) in [6, 6.07) is 4.92. The van der Waals surface area contributed by atoms with Gasteiger partial charge in [-0.05, 0) is 19.1 Å². The quantitative estimate of drug-likeness (QED) is 0.537. The molecule has 0 aliphatic rings. The lowest BCUT2D eigenvalue weighted by Crippen LogP contribution is -2.42. The lowest BCUT2D eigenvalue weighted by atomic mass is 10.1. The Kier molecular flexibility index (Phi) is 6.05. The second-order valence-corrected chi connectivity index (χ2v) is 4.18. The summed E-state index contributed by atoms with van der Waals surface area (Å²) >= 11 is 3.85. The van der Waals surface area contributed by atoms with Gasteiger partial charge in [-0.25, -0.2) is 9.59 Å². The molecule has 0 aromatic heterocycles. The first-order chi connectivity index (χ1) is 9.51. The Morgan fingerprint density at radius 2 is 1.90 bits per heavy atom. The second kappa shape index (κ2) is 7.54. The van der Waals surface area contributed by atoms with Crippen molar-refractivity contribution in [1.29, 1.82) is 0 Å². The Balaban J connectivity index is 2.98. The van der Waals surface area contributed by atoms with E-state index < -0.39 is 23.9 Å². The number of thiol groups is 1. The number of esters is 1. The van der Waals surface area contributed by atoms with E-state index in [0.29, 0.717) is 0 Å². The topological polar surface area (TPSA) is 92.7 Å². The van der Waals surface area contributed by atoms with Crippen LogP contribution in [-0.2, 0) is 9.53 Å². The Morgan fingerprint density at radius 1 is 1.30 bits per heavy atom. The molecule has 1 rings (SSSR count). The fraction of sp³-hybridized carbons (Fsp3) is 0.308. The van der Waals surface area contributed by atoms with Gasteiger partial charge in [-0.3, -0.25) is 4.79 Å². The van der Waals surface area contributed by atoms with Crippen molar-refractivity contribution in [3.8, 4) is 0 Å². The molecule has 0 aliphatic carbocycles. The first-order valence-corrected chi connectivity index (χ1v) is 6.55. The second-order valence-electron chi connectivity index (χ2n) is 3.81. The highest BCUT2D eigenvalue weighted by Gasteiger charge is 2.22. The molecule has 0 saturated heterocycles. The van der Waals surface area contributed by atoms with E-state index in [0.717, 1.165) is 0 Å². The maximum absolute atomic E-state index is 12.0. The third-order valence-corrected chi connectivity index (χ3v) is 2.82. The van der Waals surface area contributed by atoms with Crippen molar-refractivity contribution in [2.24, 2.45) is 0 Å². The normalized spacial score (nSPS) is 11.5. The molecule has 0 aliphatic heterocycles. The fourth-order valence-corrected chi connectivity index (χ4v) is 1.74. The molecular formula is C13H15NO5S. The molecule has 0 saturated carbocycles. The van der Waals surface area contributed by atoms with E-state index >= 15 is 0 Å². The largest absolute Gasteiger partial charge is 0.480 e. The van der Waals surface area contributed by atoms with E-state index in [1.165, 1.54) is 12.1 Å². The number of benzene rings is 1. The number of amides is 1. The summed E-state index contributed by atoms with van der Waals surface area (Å²) in [7, 11) is 0. The Morgan fingerprint density at radius 3 is 2.40 bits per heavy atom. The summed E-state index contributed by atoms with van der Waals surface area (Å²) in [4.78, 5) is 34.6. The van der Waals surface area contributed by atoms with E-state index in [2.05, 4.69) is 17.9 Å². The van der Waals surface area contributed by atoms with Crippen molar-refractivity contribution in [3.05, 3.63) is 35.4 Å². The van der Waals surface area contributed by atoms with Gasteiger partial charge in [0.2, 0.25) is 0 Å². The monoisotopic (exact) mass is 297 g/mol. The van der Waals surface area contributed by atoms with E-state index in [4.69, 9.17) is 9.84 Å². The highest BCUT2D eigenvalue weighted by Crippen LogP contribution is 2.11. The molecule has 0 radical (unpaired) electrons. The number of hydrogen-bond acceptors (Lipinski definition) is 5. The predicted molar refractivity (Wildman–Crippen MR) is 75.1 cm³/mol. The summed E-state index contributed by atoms with van der Waals surface area (Å²) in [6.07, 6.45) is 0. The summed E-state index contributed by atoms with van der Waals surface area (Å²) in [5.41, 5.74) is 0.161. The summed E-state index contributed by atoms with van der Waals surface area (Å²) < 4.78 is 4.85. The summed E-state index contributed by atoms with van der Waals surface area (Å²) in [6.45, 7) is 1.84. The molecule has 0 fully saturated rings. The van der Waals surface area contributed by atoms with E-state index in [9.17, 15) is 14.4 Å². The lowest BCUT2D eigenvalue weighted by molar-refractivity contribution is -0.138. The molecule has 0 spiro atoms. The number of carbonyl (C=O) groups excluding carboxylic acids is 2. The highest BCUT2D eigenvalue weighted by molar-refractivity contribution is 7.80. The standard InChI is InChI=1S/C13H15NO5S/c1-2-19-13(18)9-6-4-3-5-8(9)11(15)14-10(7-20)12(16)17/h3-6,10,20H,2,7H2,1H3,(H,14,15)(H,16,17)/t10-/m0/s1. The number of carboxylic acid groups (broad SMARTS) is 1. The lowest BCUT2D eigenvalue weighted by Gasteiger charge is -2.13. The zero-order valence-electron chi connectivity index (χ0n) is 10.8. The molecule has 0 bridgehead atoms. The molecule has 1 atom stereocenters. The number of carboxylic acids is 1. The number of aliphatic carboxylic acids is 1. The fourth-order valence-electron chi connectivity index (χ4n) is 1.49. The van der Waals surface area contributed by atoms with Gasteiger partial charge in [-0.15, -0.1) is 0 Å². The number of hydrogen-bond donors (Lipinski definition) is 3. The van der Waals surface area contributed by atoms with Gasteiger partial charge in [-0.2, -0.15) is 12.6 Å². The Bertz CT molecular complexity index is 517. The Hall–Kier alpha value is -2.02. The SMILES string of the molecule is CCOC(=O)c1ccccc1C(=O)N[C@@H](CS)C(=O)O. The first kappa shape index (κ1) is 16.0.